The van der Waals surface area contributed by atoms with Crippen molar-refractivity contribution >= 4 is 7.28 Å². The van der Waals surface area contributed by atoms with E-state index in [1.165, 1.54) is 0 Å². The third kappa shape index (κ3) is 1.89. The van der Waals surface area contributed by atoms with E-state index in [0.717, 1.165) is 5.92 Å². The first kappa shape index (κ1) is 8.06. The van der Waals surface area contributed by atoms with E-state index in [2.05, 4.69) is 41.8 Å². The van der Waals surface area contributed by atoms with Crippen molar-refractivity contribution in [2.45, 2.75) is 39.8 Å². The minimum absolute atomic E-state index is 0.417. The smallest absolute Gasteiger partial charge is 0.0914 e. The summed E-state index contributed by atoms with van der Waals surface area (Å²) in [6.45, 7) is 11.1. The number of rotatable bonds is 2. The second-order valence-corrected chi connectivity index (χ2v) is 3.26. The predicted molar refractivity (Wildman–Crippen MR) is 40.5 cm³/mol. The van der Waals surface area contributed by atoms with Crippen LogP contribution in [0.25, 0.3) is 0 Å². The standard InChI is InChI=1S/C7H16B/c1-6(2)7(3,4)8-5/h6H,1-5H3. The van der Waals surface area contributed by atoms with E-state index >= 15 is 0 Å². The summed E-state index contributed by atoms with van der Waals surface area (Å²) in [5.74, 6) is 0.757. The fourth-order valence-electron chi connectivity index (χ4n) is 0.333. The van der Waals surface area contributed by atoms with E-state index in [9.17, 15) is 0 Å². The van der Waals surface area contributed by atoms with Crippen molar-refractivity contribution in [3.8, 4) is 0 Å². The molecule has 0 aliphatic carbocycles. The molecule has 0 nitrogen and oxygen atoms in total. The highest BCUT2D eigenvalue weighted by atomic mass is 14.1. The molecule has 0 aliphatic rings. The van der Waals surface area contributed by atoms with E-state index < -0.39 is 0 Å². The molecule has 0 rings (SSSR count). The van der Waals surface area contributed by atoms with Crippen LogP contribution in [0.4, 0.5) is 0 Å². The van der Waals surface area contributed by atoms with Gasteiger partial charge in [-0.2, -0.15) is 0 Å². The van der Waals surface area contributed by atoms with Crippen LogP contribution in [-0.4, -0.2) is 7.28 Å². The Morgan fingerprint density at radius 2 is 1.62 bits per heavy atom. The molecule has 0 unspecified atom stereocenters. The molecule has 0 aromatic rings. The average Bonchev–Trinajstić information content (AvgIpc) is 1.67. The molecule has 8 heavy (non-hydrogen) atoms. The van der Waals surface area contributed by atoms with Gasteiger partial charge in [-0.15, -0.1) is 0 Å². The Bertz CT molecular complexity index is 64.8. The summed E-state index contributed by atoms with van der Waals surface area (Å²) >= 11 is 0. The van der Waals surface area contributed by atoms with Gasteiger partial charge in [0.15, 0.2) is 0 Å². The molecule has 0 atom stereocenters. The lowest BCUT2D eigenvalue weighted by atomic mass is 9.51. The van der Waals surface area contributed by atoms with Gasteiger partial charge in [0.25, 0.3) is 0 Å². The summed E-state index contributed by atoms with van der Waals surface area (Å²) in [5.41, 5.74) is 0. The van der Waals surface area contributed by atoms with Crippen molar-refractivity contribution < 1.29 is 0 Å². The maximum atomic E-state index is 2.26. The van der Waals surface area contributed by atoms with Crippen molar-refractivity contribution in [3.05, 3.63) is 0 Å². The van der Waals surface area contributed by atoms with Gasteiger partial charge in [0.05, 0.1) is 0 Å². The quantitative estimate of drug-likeness (QED) is 0.480. The molecule has 0 fully saturated rings. The Hall–Kier alpha value is 0.0649. The summed E-state index contributed by atoms with van der Waals surface area (Å²) in [7, 11) is 2.26. The van der Waals surface area contributed by atoms with Gasteiger partial charge in [-0.3, -0.25) is 0 Å². The molecule has 0 spiro atoms. The highest BCUT2D eigenvalue weighted by molar-refractivity contribution is 6.37. The molecule has 0 aromatic heterocycles. The summed E-state index contributed by atoms with van der Waals surface area (Å²) in [6.07, 6.45) is 0. The molecule has 0 saturated heterocycles. The van der Waals surface area contributed by atoms with E-state index in [0.29, 0.717) is 5.31 Å². The number of hydrogen-bond donors (Lipinski definition) is 0. The van der Waals surface area contributed by atoms with Gasteiger partial charge in [-0.1, -0.05) is 39.8 Å². The third-order valence-electron chi connectivity index (χ3n) is 2.23. The number of hydrogen-bond acceptors (Lipinski definition) is 0. The Kier molecular flexibility index (Phi) is 2.59. The van der Waals surface area contributed by atoms with Crippen LogP contribution in [0.1, 0.15) is 27.7 Å². The first-order chi connectivity index (χ1) is 3.50. The Morgan fingerprint density at radius 1 is 1.25 bits per heavy atom. The molecule has 0 aromatic carbocycles. The van der Waals surface area contributed by atoms with Crippen LogP contribution < -0.4 is 0 Å². The van der Waals surface area contributed by atoms with Gasteiger partial charge in [0.2, 0.25) is 0 Å². The first-order valence-electron chi connectivity index (χ1n) is 3.31. The van der Waals surface area contributed by atoms with Gasteiger partial charge in [0.1, 0.15) is 7.28 Å². The van der Waals surface area contributed by atoms with Gasteiger partial charge in [-0.05, 0) is 5.92 Å². The molecule has 0 saturated carbocycles. The zero-order chi connectivity index (χ0) is 6.78. The second-order valence-electron chi connectivity index (χ2n) is 3.26. The highest BCUT2D eigenvalue weighted by Crippen LogP contribution is 2.31. The topological polar surface area (TPSA) is 0 Å². The van der Waals surface area contributed by atoms with Gasteiger partial charge >= 0.3 is 0 Å². The van der Waals surface area contributed by atoms with Crippen LogP contribution in [0.2, 0.25) is 12.1 Å². The van der Waals surface area contributed by atoms with E-state index in [1.54, 1.807) is 0 Å². The average molecular weight is 111 g/mol. The lowest BCUT2D eigenvalue weighted by Gasteiger charge is -2.26. The molecule has 0 heterocycles. The maximum Gasteiger partial charge on any atom is 0.114 e. The fraction of sp³-hybridized carbons (Fsp3) is 1.00. The summed E-state index contributed by atoms with van der Waals surface area (Å²) in [6, 6.07) is 0. The fourth-order valence-corrected chi connectivity index (χ4v) is 0.333. The molecular formula is C7H16B. The molecule has 0 N–H and O–H groups in total. The van der Waals surface area contributed by atoms with Crippen LogP contribution >= 0.6 is 0 Å². The zero-order valence-electron chi connectivity index (χ0n) is 6.65. The molecular weight excluding hydrogens is 94.9 g/mol. The Balaban J connectivity index is 3.71. The molecule has 47 valence electrons. The highest BCUT2D eigenvalue weighted by Gasteiger charge is 2.19. The van der Waals surface area contributed by atoms with Crippen molar-refractivity contribution in [2.75, 3.05) is 0 Å². The zero-order valence-corrected chi connectivity index (χ0v) is 6.65. The summed E-state index contributed by atoms with van der Waals surface area (Å²) < 4.78 is 0. The summed E-state index contributed by atoms with van der Waals surface area (Å²) in [4.78, 5) is 0. The van der Waals surface area contributed by atoms with E-state index in [1.807, 2.05) is 0 Å². The predicted octanol–water partition coefficient (Wildman–Crippen LogP) is 2.59. The normalized spacial score (nSPS) is 12.2. The molecule has 1 heteroatoms. The summed E-state index contributed by atoms with van der Waals surface area (Å²) in [5, 5.41) is 0.417. The second kappa shape index (κ2) is 2.57. The van der Waals surface area contributed by atoms with E-state index in [-0.39, 0.29) is 0 Å². The van der Waals surface area contributed by atoms with E-state index in [4.69, 9.17) is 0 Å². The Morgan fingerprint density at radius 3 is 1.62 bits per heavy atom. The lowest BCUT2D eigenvalue weighted by Crippen LogP contribution is -2.16. The SMILES string of the molecule is C[B]C(C)(C)C(C)C. The van der Waals surface area contributed by atoms with Gasteiger partial charge < -0.3 is 0 Å². The third-order valence-corrected chi connectivity index (χ3v) is 2.23. The molecule has 0 aliphatic heterocycles. The van der Waals surface area contributed by atoms with Crippen molar-refractivity contribution in [1.82, 2.24) is 0 Å². The maximum absolute atomic E-state index is 2.26. The van der Waals surface area contributed by atoms with Gasteiger partial charge in [-0.25, -0.2) is 0 Å². The van der Waals surface area contributed by atoms with Crippen molar-refractivity contribution in [1.29, 1.82) is 0 Å². The van der Waals surface area contributed by atoms with Crippen molar-refractivity contribution in [3.63, 3.8) is 0 Å². The molecule has 1 radical (unpaired) electrons. The van der Waals surface area contributed by atoms with Crippen LogP contribution in [-0.2, 0) is 0 Å². The molecule has 0 amide bonds. The Labute approximate surface area is 53.9 Å². The van der Waals surface area contributed by atoms with Gasteiger partial charge in [0, 0.05) is 0 Å². The molecule has 0 bridgehead atoms. The lowest BCUT2D eigenvalue weighted by molar-refractivity contribution is 0.475. The van der Waals surface area contributed by atoms with Crippen LogP contribution in [0.15, 0.2) is 0 Å². The largest absolute Gasteiger partial charge is 0.114 e. The van der Waals surface area contributed by atoms with Crippen molar-refractivity contribution in [2.24, 2.45) is 5.92 Å². The monoisotopic (exact) mass is 111 g/mol. The van der Waals surface area contributed by atoms with Crippen LogP contribution in [0, 0.1) is 5.92 Å². The minimum Gasteiger partial charge on any atom is -0.0914 e. The minimum atomic E-state index is 0.417. The first-order valence-corrected chi connectivity index (χ1v) is 3.31. The van der Waals surface area contributed by atoms with Crippen LogP contribution in [0.5, 0.6) is 0 Å². The van der Waals surface area contributed by atoms with Crippen LogP contribution in [0.3, 0.4) is 0 Å².